The van der Waals surface area contributed by atoms with Crippen LogP contribution in [0.25, 0.3) is 11.1 Å². The van der Waals surface area contributed by atoms with Crippen molar-refractivity contribution in [3.63, 3.8) is 0 Å². The Balaban J connectivity index is 0.974. The van der Waals surface area contributed by atoms with Crippen LogP contribution in [0.4, 0.5) is 10.5 Å². The molecule has 9 heteroatoms. The van der Waals surface area contributed by atoms with E-state index < -0.39 is 6.09 Å². The van der Waals surface area contributed by atoms with Crippen LogP contribution in [0, 0.1) is 11.8 Å². The Morgan fingerprint density at radius 2 is 1.59 bits per heavy atom. The molecular weight excluding hydrogens is 558 g/mol. The fraction of sp³-hybridized carbons (Fsp3) is 0.400. The number of hydrogen-bond donors (Lipinski definition) is 2. The first-order chi connectivity index (χ1) is 21.4. The quantitative estimate of drug-likeness (QED) is 0.214. The van der Waals surface area contributed by atoms with E-state index in [0.29, 0.717) is 43.5 Å². The van der Waals surface area contributed by atoms with Crippen LogP contribution in [-0.4, -0.2) is 72.2 Å². The van der Waals surface area contributed by atoms with Gasteiger partial charge in [0.05, 0.1) is 12.3 Å². The van der Waals surface area contributed by atoms with Gasteiger partial charge in [-0.1, -0.05) is 60.7 Å². The summed E-state index contributed by atoms with van der Waals surface area (Å²) in [6, 6.07) is 24.4. The minimum Gasteiger partial charge on any atom is -0.446 e. The van der Waals surface area contributed by atoms with Gasteiger partial charge in [0.1, 0.15) is 11.9 Å². The predicted octanol–water partition coefficient (Wildman–Crippen LogP) is 5.34. The van der Waals surface area contributed by atoms with Crippen LogP contribution in [0.3, 0.4) is 0 Å². The molecule has 5 rings (SSSR count). The fourth-order valence-corrected chi connectivity index (χ4v) is 6.25. The highest BCUT2D eigenvalue weighted by molar-refractivity contribution is 5.91. The zero-order chi connectivity index (χ0) is 30.9. The van der Waals surface area contributed by atoms with Crippen LogP contribution in [0.15, 0.2) is 78.9 Å². The van der Waals surface area contributed by atoms with Gasteiger partial charge in [0.15, 0.2) is 0 Å². The largest absolute Gasteiger partial charge is 0.446 e. The second kappa shape index (κ2) is 15.0. The third kappa shape index (κ3) is 8.45. The number of anilines is 1. The van der Waals surface area contributed by atoms with Crippen molar-refractivity contribution in [2.45, 2.75) is 44.8 Å². The molecule has 9 nitrogen and oxygen atoms in total. The first kappa shape index (κ1) is 31.2. The van der Waals surface area contributed by atoms with E-state index in [4.69, 9.17) is 14.6 Å². The number of ether oxygens (including phenoxy) is 2. The molecule has 0 aromatic heterocycles. The topological polar surface area (TPSA) is 108 Å². The van der Waals surface area contributed by atoms with Crippen molar-refractivity contribution in [2.75, 3.05) is 38.5 Å². The number of para-hydroxylation sites is 1. The summed E-state index contributed by atoms with van der Waals surface area (Å²) >= 11 is 0. The Bertz CT molecular complexity index is 1400. The molecule has 232 valence electrons. The summed E-state index contributed by atoms with van der Waals surface area (Å²) in [5.74, 6) is 1.08. The molecule has 2 N–H and O–H groups in total. The summed E-state index contributed by atoms with van der Waals surface area (Å²) in [5.41, 5.74) is 3.47. The van der Waals surface area contributed by atoms with Gasteiger partial charge in [-0.05, 0) is 60.4 Å². The second-order valence-electron chi connectivity index (χ2n) is 11.8. The van der Waals surface area contributed by atoms with Gasteiger partial charge in [-0.2, -0.15) is 0 Å². The maximum atomic E-state index is 12.8. The average molecular weight is 600 g/mol. The summed E-state index contributed by atoms with van der Waals surface area (Å²) in [7, 11) is 1.77. The summed E-state index contributed by atoms with van der Waals surface area (Å²) < 4.78 is 11.2. The third-order valence-corrected chi connectivity index (χ3v) is 8.59. The number of aliphatic hydroxyl groups excluding tert-OH is 1. The molecule has 1 saturated heterocycles. The number of fused-ring (bicyclic) bond motifs is 1. The maximum Gasteiger partial charge on any atom is 0.411 e. The SMILES string of the molecule is CN(CCCC(=O)Oc1ccc(CO)cc1)C(=O)CCN1CC2CC(OC(=O)Nc3ccccc3-c3ccccc3)CC2C1. The molecule has 2 aliphatic rings. The molecule has 2 fully saturated rings. The molecule has 1 heterocycles. The van der Waals surface area contributed by atoms with Crippen molar-refractivity contribution in [2.24, 2.45) is 11.8 Å². The molecule has 44 heavy (non-hydrogen) atoms. The van der Waals surface area contributed by atoms with Gasteiger partial charge in [0, 0.05) is 51.6 Å². The lowest BCUT2D eigenvalue weighted by atomic mass is 10.0. The standard InChI is InChI=1S/C35H41N3O6/c1-37(18-7-12-34(41)43-29-15-13-25(24-39)14-16-29)33(40)17-19-38-22-27-20-30(21-28(27)23-38)44-35(42)36-32-11-6-5-10-31(32)26-8-3-2-4-9-26/h2-6,8-11,13-16,27-28,30,39H,7,12,17-24H2,1H3,(H,36,42). The average Bonchev–Trinajstić information content (AvgIpc) is 3.59. The van der Waals surface area contributed by atoms with Gasteiger partial charge in [0.25, 0.3) is 0 Å². The van der Waals surface area contributed by atoms with E-state index in [1.807, 2.05) is 54.6 Å². The first-order valence-electron chi connectivity index (χ1n) is 15.4. The zero-order valence-electron chi connectivity index (χ0n) is 25.2. The molecule has 0 spiro atoms. The van der Waals surface area contributed by atoms with E-state index in [0.717, 1.165) is 48.3 Å². The number of hydrogen-bond acceptors (Lipinski definition) is 7. The molecule has 3 aromatic carbocycles. The predicted molar refractivity (Wildman–Crippen MR) is 168 cm³/mol. The van der Waals surface area contributed by atoms with Crippen LogP contribution in [-0.2, 0) is 20.9 Å². The normalized spacial score (nSPS) is 19.3. The van der Waals surface area contributed by atoms with E-state index in [9.17, 15) is 14.4 Å². The third-order valence-electron chi connectivity index (χ3n) is 8.59. The Morgan fingerprint density at radius 1 is 0.909 bits per heavy atom. The number of carbonyl (C=O) groups excluding carboxylic acids is 3. The lowest BCUT2D eigenvalue weighted by molar-refractivity contribution is -0.135. The molecule has 2 atom stereocenters. The van der Waals surface area contributed by atoms with Crippen LogP contribution >= 0.6 is 0 Å². The van der Waals surface area contributed by atoms with Gasteiger partial charge in [-0.15, -0.1) is 0 Å². The van der Waals surface area contributed by atoms with E-state index in [1.165, 1.54) is 0 Å². The Morgan fingerprint density at radius 3 is 2.30 bits per heavy atom. The second-order valence-corrected chi connectivity index (χ2v) is 11.8. The smallest absolute Gasteiger partial charge is 0.411 e. The highest BCUT2D eigenvalue weighted by atomic mass is 16.6. The number of benzene rings is 3. The van der Waals surface area contributed by atoms with Gasteiger partial charge >= 0.3 is 12.1 Å². The summed E-state index contributed by atoms with van der Waals surface area (Å²) in [6.45, 7) is 2.94. The summed E-state index contributed by atoms with van der Waals surface area (Å²) in [4.78, 5) is 41.6. The van der Waals surface area contributed by atoms with E-state index >= 15 is 0 Å². The monoisotopic (exact) mass is 599 g/mol. The highest BCUT2D eigenvalue weighted by Crippen LogP contribution is 2.39. The first-order valence-corrected chi connectivity index (χ1v) is 15.4. The van der Waals surface area contributed by atoms with Crippen LogP contribution in [0.1, 0.15) is 37.7 Å². The van der Waals surface area contributed by atoms with Gasteiger partial charge in [-0.3, -0.25) is 14.9 Å². The molecule has 1 aliphatic heterocycles. The number of carbonyl (C=O) groups is 3. The fourth-order valence-electron chi connectivity index (χ4n) is 6.25. The van der Waals surface area contributed by atoms with Crippen molar-refractivity contribution < 1.29 is 29.0 Å². The van der Waals surface area contributed by atoms with Crippen molar-refractivity contribution >= 4 is 23.7 Å². The number of aliphatic hydroxyl groups is 1. The minimum absolute atomic E-state index is 0.0590. The minimum atomic E-state index is -0.422. The van der Waals surface area contributed by atoms with Gasteiger partial charge in [-0.25, -0.2) is 4.79 Å². The van der Waals surface area contributed by atoms with E-state index in [-0.39, 0.29) is 31.0 Å². The molecule has 3 aromatic rings. The maximum absolute atomic E-state index is 12.8. The van der Waals surface area contributed by atoms with Gasteiger partial charge in [0.2, 0.25) is 5.91 Å². The van der Waals surface area contributed by atoms with Gasteiger partial charge < -0.3 is 24.4 Å². The molecular formula is C35H41N3O6. The van der Waals surface area contributed by atoms with Crippen LogP contribution < -0.4 is 10.1 Å². The lowest BCUT2D eigenvalue weighted by Crippen LogP contribution is -2.33. The number of nitrogens with one attached hydrogen (secondary N) is 1. The lowest BCUT2D eigenvalue weighted by Gasteiger charge is -2.21. The highest BCUT2D eigenvalue weighted by Gasteiger charge is 2.42. The molecule has 0 radical (unpaired) electrons. The number of rotatable bonds is 12. The number of likely N-dealkylation sites (tertiary alicyclic amines) is 1. The van der Waals surface area contributed by atoms with Crippen molar-refractivity contribution in [3.05, 3.63) is 84.4 Å². The Labute approximate surface area is 258 Å². The molecule has 0 bridgehead atoms. The van der Waals surface area contributed by atoms with Crippen molar-refractivity contribution in [1.82, 2.24) is 9.80 Å². The molecule has 2 unspecified atom stereocenters. The van der Waals surface area contributed by atoms with E-state index in [2.05, 4.69) is 10.2 Å². The van der Waals surface area contributed by atoms with E-state index in [1.54, 1.807) is 36.2 Å². The summed E-state index contributed by atoms with van der Waals surface area (Å²) in [5, 5.41) is 12.0. The molecule has 1 aliphatic carbocycles. The summed E-state index contributed by atoms with van der Waals surface area (Å²) in [6.07, 6.45) is 2.33. The zero-order valence-corrected chi connectivity index (χ0v) is 25.2. The van der Waals surface area contributed by atoms with Crippen molar-refractivity contribution in [3.8, 4) is 16.9 Å². The Hall–Kier alpha value is -4.21. The van der Waals surface area contributed by atoms with Crippen molar-refractivity contribution in [1.29, 1.82) is 0 Å². The number of esters is 1. The Kier molecular flexibility index (Phi) is 10.6. The molecule has 2 amide bonds. The molecule has 1 saturated carbocycles. The van der Waals surface area contributed by atoms with Crippen LogP contribution in [0.5, 0.6) is 5.75 Å². The van der Waals surface area contributed by atoms with Crippen LogP contribution in [0.2, 0.25) is 0 Å². The number of nitrogens with zero attached hydrogens (tertiary/aromatic N) is 2. The number of amides is 2.